The van der Waals surface area contributed by atoms with Crippen molar-refractivity contribution in [2.75, 3.05) is 13.7 Å². The van der Waals surface area contributed by atoms with Gasteiger partial charge in [0.1, 0.15) is 11.9 Å². The second-order valence-corrected chi connectivity index (χ2v) is 8.81. The molecule has 1 aliphatic heterocycles. The van der Waals surface area contributed by atoms with E-state index >= 15 is 0 Å². The molecule has 2 aromatic rings. The largest absolute Gasteiger partial charge is 0.497 e. The van der Waals surface area contributed by atoms with E-state index in [0.717, 1.165) is 24.2 Å². The Bertz CT molecular complexity index is 774. The lowest BCUT2D eigenvalue weighted by Crippen LogP contribution is -2.40. The number of hydrogen-bond acceptors (Lipinski definition) is 5. The number of ether oxygens (including phenoxy) is 4. The minimum Gasteiger partial charge on any atom is -0.497 e. The van der Waals surface area contributed by atoms with Gasteiger partial charge in [-0.25, -0.2) is 0 Å². The molecule has 1 aliphatic rings. The van der Waals surface area contributed by atoms with Crippen molar-refractivity contribution in [1.29, 1.82) is 0 Å². The van der Waals surface area contributed by atoms with Crippen molar-refractivity contribution in [3.8, 4) is 5.75 Å². The fourth-order valence-corrected chi connectivity index (χ4v) is 4.00. The Hall–Kier alpha value is -1.92. The van der Waals surface area contributed by atoms with Crippen LogP contribution in [0.4, 0.5) is 0 Å². The Morgan fingerprint density at radius 3 is 2.19 bits per heavy atom. The van der Waals surface area contributed by atoms with E-state index in [2.05, 4.69) is 32.9 Å². The molecule has 0 aromatic heterocycles. The first kappa shape index (κ1) is 23.7. The quantitative estimate of drug-likeness (QED) is 0.467. The van der Waals surface area contributed by atoms with Crippen LogP contribution in [0.1, 0.15) is 44.7 Å². The molecule has 5 nitrogen and oxygen atoms in total. The first-order chi connectivity index (χ1) is 15.0. The molecule has 1 saturated heterocycles. The van der Waals surface area contributed by atoms with Crippen LogP contribution in [0.2, 0.25) is 0 Å². The molecule has 0 spiro atoms. The number of methoxy groups -OCH3 is 1. The Kier molecular flexibility index (Phi) is 8.50. The predicted molar refractivity (Wildman–Crippen MR) is 121 cm³/mol. The van der Waals surface area contributed by atoms with Gasteiger partial charge in [0.2, 0.25) is 0 Å². The number of rotatable bonds is 13. The second kappa shape index (κ2) is 11.1. The molecule has 0 bridgehead atoms. The minimum atomic E-state index is -0.247. The Morgan fingerprint density at radius 1 is 0.968 bits per heavy atom. The average Bonchev–Trinajstić information content (AvgIpc) is 3.60. The summed E-state index contributed by atoms with van der Waals surface area (Å²) in [5.41, 5.74) is 2.01. The third-order valence-corrected chi connectivity index (χ3v) is 6.20. The van der Waals surface area contributed by atoms with Crippen LogP contribution >= 0.6 is 0 Å². The Morgan fingerprint density at radius 2 is 1.61 bits per heavy atom. The van der Waals surface area contributed by atoms with Crippen LogP contribution < -0.4 is 4.74 Å². The van der Waals surface area contributed by atoms with Crippen molar-refractivity contribution >= 4 is 0 Å². The van der Waals surface area contributed by atoms with Gasteiger partial charge in [0, 0.05) is 11.8 Å². The predicted octanol–water partition coefficient (Wildman–Crippen LogP) is 4.75. The maximum Gasteiger partial charge on any atom is 0.118 e. The number of hydrogen-bond donors (Lipinski definition) is 1. The van der Waals surface area contributed by atoms with E-state index in [1.165, 1.54) is 5.56 Å². The van der Waals surface area contributed by atoms with E-state index in [9.17, 15) is 5.11 Å². The summed E-state index contributed by atoms with van der Waals surface area (Å²) < 4.78 is 23.7. The zero-order valence-electron chi connectivity index (χ0n) is 19.1. The monoisotopic (exact) mass is 428 g/mol. The molecule has 5 heteroatoms. The summed E-state index contributed by atoms with van der Waals surface area (Å²) in [5, 5.41) is 9.51. The van der Waals surface area contributed by atoms with E-state index < -0.39 is 0 Å². The van der Waals surface area contributed by atoms with E-state index in [1.807, 2.05) is 42.5 Å². The lowest BCUT2D eigenvalue weighted by molar-refractivity contribution is -0.0849. The molecule has 3 rings (SSSR count). The van der Waals surface area contributed by atoms with Gasteiger partial charge in [-0.15, -0.1) is 0 Å². The van der Waals surface area contributed by atoms with Gasteiger partial charge >= 0.3 is 0 Å². The van der Waals surface area contributed by atoms with Crippen LogP contribution in [0.25, 0.3) is 0 Å². The van der Waals surface area contributed by atoms with Gasteiger partial charge in [-0.3, -0.25) is 0 Å². The molecule has 4 atom stereocenters. The van der Waals surface area contributed by atoms with Gasteiger partial charge in [-0.1, -0.05) is 63.2 Å². The molecule has 2 aromatic carbocycles. The SMILES string of the molecule is CC[C@@H](C[C@@H](OCc1ccc(OC)cc1)C(C)(C)[C@@H]1O[C@H]1CO)OCc1ccccc1. The fourth-order valence-electron chi connectivity index (χ4n) is 4.00. The third-order valence-electron chi connectivity index (χ3n) is 6.20. The molecular weight excluding hydrogens is 392 g/mol. The lowest BCUT2D eigenvalue weighted by atomic mass is 9.79. The molecule has 31 heavy (non-hydrogen) atoms. The molecule has 0 aliphatic carbocycles. The number of epoxide rings is 1. The summed E-state index contributed by atoms with van der Waals surface area (Å²) in [6.07, 6.45) is 1.56. The van der Waals surface area contributed by atoms with Crippen LogP contribution in [0.3, 0.4) is 0 Å². The first-order valence-corrected chi connectivity index (χ1v) is 11.1. The van der Waals surface area contributed by atoms with Crippen molar-refractivity contribution in [2.45, 2.75) is 71.2 Å². The van der Waals surface area contributed by atoms with Crippen molar-refractivity contribution in [1.82, 2.24) is 0 Å². The molecule has 1 heterocycles. The topological polar surface area (TPSA) is 60.5 Å². The molecule has 0 radical (unpaired) electrons. The fraction of sp³-hybridized carbons (Fsp3) is 0.538. The van der Waals surface area contributed by atoms with Crippen LogP contribution in [-0.4, -0.2) is 43.2 Å². The molecule has 0 saturated carbocycles. The van der Waals surface area contributed by atoms with Gasteiger partial charge in [0.15, 0.2) is 0 Å². The van der Waals surface area contributed by atoms with Crippen molar-refractivity contribution in [2.24, 2.45) is 5.41 Å². The highest BCUT2D eigenvalue weighted by molar-refractivity contribution is 5.26. The molecule has 1 N–H and O–H groups in total. The van der Waals surface area contributed by atoms with Gasteiger partial charge in [-0.2, -0.15) is 0 Å². The highest BCUT2D eigenvalue weighted by Crippen LogP contribution is 2.43. The summed E-state index contributed by atoms with van der Waals surface area (Å²) in [6, 6.07) is 18.2. The maximum absolute atomic E-state index is 9.51. The Balaban J connectivity index is 1.66. The highest BCUT2D eigenvalue weighted by atomic mass is 16.6. The Labute approximate surface area is 186 Å². The lowest BCUT2D eigenvalue weighted by Gasteiger charge is -2.35. The molecule has 0 unspecified atom stereocenters. The van der Waals surface area contributed by atoms with Crippen molar-refractivity contribution in [3.05, 3.63) is 65.7 Å². The minimum absolute atomic E-state index is 0.00926. The van der Waals surface area contributed by atoms with Gasteiger partial charge < -0.3 is 24.1 Å². The first-order valence-electron chi connectivity index (χ1n) is 11.1. The molecular formula is C26H36O5. The normalized spacial score (nSPS) is 20.3. The summed E-state index contributed by atoms with van der Waals surface area (Å²) in [6.45, 7) is 7.61. The summed E-state index contributed by atoms with van der Waals surface area (Å²) >= 11 is 0. The van der Waals surface area contributed by atoms with Crippen LogP contribution in [0, 0.1) is 5.41 Å². The zero-order chi connectivity index (χ0) is 22.3. The van der Waals surface area contributed by atoms with Crippen LogP contribution in [-0.2, 0) is 27.4 Å². The smallest absolute Gasteiger partial charge is 0.118 e. The van der Waals surface area contributed by atoms with E-state index in [1.54, 1.807) is 7.11 Å². The number of aliphatic hydroxyl groups excluding tert-OH is 1. The summed E-state index contributed by atoms with van der Waals surface area (Å²) in [4.78, 5) is 0. The molecule has 1 fully saturated rings. The number of benzene rings is 2. The average molecular weight is 429 g/mol. The summed E-state index contributed by atoms with van der Waals surface area (Å²) in [7, 11) is 1.66. The zero-order valence-corrected chi connectivity index (χ0v) is 19.1. The van der Waals surface area contributed by atoms with Gasteiger partial charge in [-0.05, 0) is 29.7 Å². The van der Waals surface area contributed by atoms with Gasteiger partial charge in [0.05, 0.1) is 45.2 Å². The summed E-state index contributed by atoms with van der Waals surface area (Å²) in [5.74, 6) is 0.832. The van der Waals surface area contributed by atoms with Crippen molar-refractivity contribution < 1.29 is 24.1 Å². The van der Waals surface area contributed by atoms with Crippen LogP contribution in [0.5, 0.6) is 5.75 Å². The van der Waals surface area contributed by atoms with E-state index in [-0.39, 0.29) is 36.4 Å². The number of aliphatic hydroxyl groups is 1. The highest BCUT2D eigenvalue weighted by Gasteiger charge is 2.53. The van der Waals surface area contributed by atoms with E-state index in [4.69, 9.17) is 18.9 Å². The van der Waals surface area contributed by atoms with Crippen LogP contribution in [0.15, 0.2) is 54.6 Å². The standard InChI is InChI=1S/C26H36O5/c1-5-21(29-17-19-9-7-6-8-10-19)15-24(26(2,3)25-23(16-27)31-25)30-18-20-11-13-22(28-4)14-12-20/h6-14,21,23-25,27H,5,15-18H2,1-4H3/t21-,23-,24+,25+/m0/s1. The maximum atomic E-state index is 9.51. The molecule has 0 amide bonds. The van der Waals surface area contributed by atoms with E-state index in [0.29, 0.717) is 13.2 Å². The van der Waals surface area contributed by atoms with Crippen molar-refractivity contribution in [3.63, 3.8) is 0 Å². The third kappa shape index (κ3) is 6.53. The second-order valence-electron chi connectivity index (χ2n) is 8.81. The molecule has 170 valence electrons. The van der Waals surface area contributed by atoms with Gasteiger partial charge in [0.25, 0.3) is 0 Å².